The minimum atomic E-state index is -3.12. The highest BCUT2D eigenvalue weighted by Crippen LogP contribution is 2.37. The van der Waals surface area contributed by atoms with Crippen molar-refractivity contribution in [1.29, 1.82) is 0 Å². The van der Waals surface area contributed by atoms with Gasteiger partial charge in [0, 0.05) is 31.6 Å². The molecule has 3 rings (SSSR count). The monoisotopic (exact) mass is 356 g/mol. The molecule has 0 spiro atoms. The van der Waals surface area contributed by atoms with Crippen molar-refractivity contribution in [2.24, 2.45) is 11.8 Å². The lowest BCUT2D eigenvalue weighted by Crippen LogP contribution is -2.47. The van der Waals surface area contributed by atoms with Crippen molar-refractivity contribution in [1.82, 2.24) is 9.21 Å². The third-order valence-corrected chi connectivity index (χ3v) is 8.20. The van der Waals surface area contributed by atoms with Crippen molar-refractivity contribution < 1.29 is 13.2 Å². The molecule has 138 valence electrons. The Balaban J connectivity index is 1.54. The van der Waals surface area contributed by atoms with E-state index in [0.29, 0.717) is 37.9 Å². The van der Waals surface area contributed by atoms with Crippen LogP contribution in [-0.4, -0.2) is 55.0 Å². The minimum Gasteiger partial charge on any atom is -0.339 e. The largest absolute Gasteiger partial charge is 0.339 e. The standard InChI is InChI=1S/C18H32N2O3S/c1-2-3-14-24(22,23)19-11-8-16(9-12-19)18(21)20-13-10-15-6-4-5-7-17(15)20/h15-17H,2-14H2,1H3. The normalized spacial score (nSPS) is 29.6. The number of rotatable bonds is 5. The SMILES string of the molecule is CCCCS(=O)(=O)N1CCC(C(=O)N2CCC3CCCCC32)CC1. The Morgan fingerprint density at radius 3 is 2.42 bits per heavy atom. The van der Waals surface area contributed by atoms with Gasteiger partial charge >= 0.3 is 0 Å². The summed E-state index contributed by atoms with van der Waals surface area (Å²) in [5, 5.41) is 0. The summed E-state index contributed by atoms with van der Waals surface area (Å²) < 4.78 is 26.2. The van der Waals surface area contributed by atoms with Gasteiger partial charge in [-0.15, -0.1) is 0 Å². The first-order valence-electron chi connectivity index (χ1n) is 9.81. The van der Waals surface area contributed by atoms with Gasteiger partial charge < -0.3 is 4.90 Å². The van der Waals surface area contributed by atoms with Crippen LogP contribution in [0.15, 0.2) is 0 Å². The number of carbonyl (C=O) groups excluding carboxylic acids is 1. The van der Waals surface area contributed by atoms with Gasteiger partial charge in [0.15, 0.2) is 0 Å². The molecule has 2 heterocycles. The van der Waals surface area contributed by atoms with Crippen LogP contribution in [0.4, 0.5) is 0 Å². The zero-order valence-electron chi connectivity index (χ0n) is 15.0. The van der Waals surface area contributed by atoms with Gasteiger partial charge in [-0.05, 0) is 44.4 Å². The van der Waals surface area contributed by atoms with Crippen LogP contribution in [0.1, 0.15) is 64.7 Å². The summed E-state index contributed by atoms with van der Waals surface area (Å²) in [5.74, 6) is 1.30. The molecule has 2 saturated heterocycles. The summed E-state index contributed by atoms with van der Waals surface area (Å²) in [5.41, 5.74) is 0. The summed E-state index contributed by atoms with van der Waals surface area (Å²) in [4.78, 5) is 15.1. The van der Waals surface area contributed by atoms with Crippen LogP contribution < -0.4 is 0 Å². The Morgan fingerprint density at radius 1 is 1.00 bits per heavy atom. The molecule has 0 aromatic heterocycles. The topological polar surface area (TPSA) is 57.7 Å². The van der Waals surface area contributed by atoms with Crippen LogP contribution in [-0.2, 0) is 14.8 Å². The Kier molecular flexibility index (Phi) is 5.85. The second-order valence-electron chi connectivity index (χ2n) is 7.78. The molecule has 2 unspecified atom stereocenters. The number of amides is 1. The van der Waals surface area contributed by atoms with Crippen LogP contribution in [0, 0.1) is 11.8 Å². The van der Waals surface area contributed by atoms with Gasteiger partial charge in [-0.1, -0.05) is 26.2 Å². The fourth-order valence-corrected chi connectivity index (χ4v) is 6.43. The molecule has 1 amide bonds. The van der Waals surface area contributed by atoms with Crippen LogP contribution in [0.25, 0.3) is 0 Å². The molecule has 3 aliphatic rings. The van der Waals surface area contributed by atoms with Crippen LogP contribution in [0.2, 0.25) is 0 Å². The van der Waals surface area contributed by atoms with Gasteiger partial charge in [0.1, 0.15) is 0 Å². The van der Waals surface area contributed by atoms with Crippen LogP contribution in [0.5, 0.6) is 0 Å². The molecular formula is C18H32N2O3S. The maximum Gasteiger partial charge on any atom is 0.226 e. The Bertz CT molecular complexity index is 540. The highest BCUT2D eigenvalue weighted by molar-refractivity contribution is 7.89. The molecular weight excluding hydrogens is 324 g/mol. The molecule has 5 nitrogen and oxygen atoms in total. The molecule has 24 heavy (non-hydrogen) atoms. The number of hydrogen-bond acceptors (Lipinski definition) is 3. The molecule has 3 fully saturated rings. The molecule has 1 aliphatic carbocycles. The van der Waals surface area contributed by atoms with Gasteiger partial charge in [-0.25, -0.2) is 12.7 Å². The quantitative estimate of drug-likeness (QED) is 0.761. The van der Waals surface area contributed by atoms with Crippen molar-refractivity contribution in [3.05, 3.63) is 0 Å². The van der Waals surface area contributed by atoms with Gasteiger partial charge in [0.2, 0.25) is 15.9 Å². The number of nitrogens with zero attached hydrogens (tertiary/aromatic N) is 2. The van der Waals surface area contributed by atoms with Crippen molar-refractivity contribution in [2.75, 3.05) is 25.4 Å². The van der Waals surface area contributed by atoms with E-state index >= 15 is 0 Å². The van der Waals surface area contributed by atoms with E-state index in [1.54, 1.807) is 4.31 Å². The third-order valence-electron chi connectivity index (χ3n) is 6.25. The van der Waals surface area contributed by atoms with E-state index in [9.17, 15) is 13.2 Å². The Labute approximate surface area is 146 Å². The summed E-state index contributed by atoms with van der Waals surface area (Å²) in [6.45, 7) is 3.97. The Morgan fingerprint density at radius 2 is 1.71 bits per heavy atom. The van der Waals surface area contributed by atoms with Gasteiger partial charge in [0.05, 0.1) is 5.75 Å². The first-order chi connectivity index (χ1) is 11.5. The summed E-state index contributed by atoms with van der Waals surface area (Å²) in [7, 11) is -3.12. The smallest absolute Gasteiger partial charge is 0.226 e. The maximum atomic E-state index is 12.9. The van der Waals surface area contributed by atoms with E-state index < -0.39 is 10.0 Å². The van der Waals surface area contributed by atoms with Crippen molar-refractivity contribution in [3.63, 3.8) is 0 Å². The fourth-order valence-electron chi connectivity index (χ4n) is 4.75. The molecule has 0 N–H and O–H groups in total. The molecule has 0 radical (unpaired) electrons. The van der Waals surface area contributed by atoms with E-state index in [2.05, 4.69) is 4.90 Å². The minimum absolute atomic E-state index is 0.0308. The van der Waals surface area contributed by atoms with E-state index in [1.807, 2.05) is 6.92 Å². The van der Waals surface area contributed by atoms with E-state index in [-0.39, 0.29) is 11.7 Å². The lowest BCUT2D eigenvalue weighted by molar-refractivity contribution is -0.138. The number of piperidine rings is 1. The number of hydrogen-bond donors (Lipinski definition) is 0. The first kappa shape index (κ1) is 18.2. The zero-order chi connectivity index (χ0) is 17.2. The lowest BCUT2D eigenvalue weighted by atomic mass is 9.85. The number of carbonyl (C=O) groups is 1. The molecule has 0 aromatic rings. The molecule has 1 saturated carbocycles. The number of fused-ring (bicyclic) bond motifs is 1. The van der Waals surface area contributed by atoms with E-state index in [0.717, 1.165) is 25.3 Å². The number of unbranched alkanes of at least 4 members (excludes halogenated alkanes) is 1. The van der Waals surface area contributed by atoms with E-state index in [1.165, 1.54) is 32.1 Å². The zero-order valence-corrected chi connectivity index (χ0v) is 15.8. The molecule has 0 bridgehead atoms. The molecule has 2 aliphatic heterocycles. The number of sulfonamides is 1. The predicted molar refractivity (Wildman–Crippen MR) is 95.1 cm³/mol. The first-order valence-corrected chi connectivity index (χ1v) is 11.4. The lowest BCUT2D eigenvalue weighted by Gasteiger charge is -2.36. The predicted octanol–water partition coefficient (Wildman–Crippen LogP) is 2.62. The molecule has 0 aromatic carbocycles. The van der Waals surface area contributed by atoms with Crippen molar-refractivity contribution in [2.45, 2.75) is 70.8 Å². The summed E-state index contributed by atoms with van der Waals surface area (Å²) in [6, 6.07) is 0.470. The average Bonchev–Trinajstić information content (AvgIpc) is 3.03. The third kappa shape index (κ3) is 3.79. The van der Waals surface area contributed by atoms with Crippen LogP contribution in [0.3, 0.4) is 0 Å². The van der Waals surface area contributed by atoms with Crippen molar-refractivity contribution in [3.8, 4) is 0 Å². The van der Waals surface area contributed by atoms with Gasteiger partial charge in [-0.2, -0.15) is 0 Å². The number of likely N-dealkylation sites (tertiary alicyclic amines) is 1. The second kappa shape index (κ2) is 7.73. The summed E-state index contributed by atoms with van der Waals surface area (Å²) in [6.07, 6.45) is 9.18. The van der Waals surface area contributed by atoms with Crippen LogP contribution >= 0.6 is 0 Å². The highest BCUT2D eigenvalue weighted by atomic mass is 32.2. The molecule has 2 atom stereocenters. The van der Waals surface area contributed by atoms with Gasteiger partial charge in [0.25, 0.3) is 0 Å². The summed E-state index contributed by atoms with van der Waals surface area (Å²) >= 11 is 0. The maximum absolute atomic E-state index is 12.9. The Hall–Kier alpha value is -0.620. The second-order valence-corrected chi connectivity index (χ2v) is 9.86. The molecule has 6 heteroatoms. The van der Waals surface area contributed by atoms with E-state index in [4.69, 9.17) is 0 Å². The average molecular weight is 357 g/mol. The van der Waals surface area contributed by atoms with Crippen molar-refractivity contribution >= 4 is 15.9 Å². The van der Waals surface area contributed by atoms with Gasteiger partial charge in [-0.3, -0.25) is 4.79 Å². The fraction of sp³-hybridized carbons (Fsp3) is 0.944. The highest BCUT2D eigenvalue weighted by Gasteiger charge is 2.41.